The van der Waals surface area contributed by atoms with E-state index < -0.39 is 0 Å². The molecule has 1 atom stereocenters. The van der Waals surface area contributed by atoms with E-state index in [9.17, 15) is 0 Å². The lowest BCUT2D eigenvalue weighted by atomic mass is 10.1. The molecule has 16 heavy (non-hydrogen) atoms. The van der Waals surface area contributed by atoms with Crippen LogP contribution in [0.4, 0.5) is 0 Å². The van der Waals surface area contributed by atoms with Gasteiger partial charge in [-0.15, -0.1) is 0 Å². The summed E-state index contributed by atoms with van der Waals surface area (Å²) in [7, 11) is 1.75. The molecule has 0 saturated carbocycles. The zero-order valence-corrected chi connectivity index (χ0v) is 11.6. The van der Waals surface area contributed by atoms with Gasteiger partial charge in [0.2, 0.25) is 0 Å². The smallest absolute Gasteiger partial charge is 0.0618 e. The van der Waals surface area contributed by atoms with E-state index in [1.165, 1.54) is 0 Å². The first kappa shape index (κ1) is 15.9. The molecule has 0 saturated heterocycles. The summed E-state index contributed by atoms with van der Waals surface area (Å²) >= 11 is 0. The third kappa shape index (κ3) is 9.13. The van der Waals surface area contributed by atoms with Crippen LogP contribution in [0.2, 0.25) is 0 Å². The van der Waals surface area contributed by atoms with Crippen LogP contribution >= 0.6 is 0 Å². The van der Waals surface area contributed by atoms with Crippen LogP contribution in [0.5, 0.6) is 0 Å². The van der Waals surface area contributed by atoms with Crippen molar-refractivity contribution in [1.29, 1.82) is 0 Å². The van der Waals surface area contributed by atoms with E-state index >= 15 is 0 Å². The highest BCUT2D eigenvalue weighted by atomic mass is 16.5. The maximum absolute atomic E-state index is 5.53. The fourth-order valence-corrected chi connectivity index (χ4v) is 1.45. The maximum atomic E-state index is 5.53. The van der Waals surface area contributed by atoms with Crippen LogP contribution < -0.4 is 5.32 Å². The van der Waals surface area contributed by atoms with Crippen molar-refractivity contribution in [3.63, 3.8) is 0 Å². The molecule has 0 aliphatic rings. The Kier molecular flexibility index (Phi) is 9.99. The summed E-state index contributed by atoms with van der Waals surface area (Å²) in [5.74, 6) is 1.24. The maximum Gasteiger partial charge on any atom is 0.0618 e. The van der Waals surface area contributed by atoms with Crippen molar-refractivity contribution in [2.45, 2.75) is 40.2 Å². The van der Waals surface area contributed by atoms with Crippen molar-refractivity contribution in [3.05, 3.63) is 0 Å². The van der Waals surface area contributed by atoms with Gasteiger partial charge in [0, 0.05) is 26.4 Å². The monoisotopic (exact) mass is 231 g/mol. The van der Waals surface area contributed by atoms with E-state index in [0.29, 0.717) is 17.9 Å². The predicted octanol–water partition coefficient (Wildman–Crippen LogP) is 2.31. The van der Waals surface area contributed by atoms with Gasteiger partial charge in [0.1, 0.15) is 0 Å². The Morgan fingerprint density at radius 2 is 1.75 bits per heavy atom. The highest BCUT2D eigenvalue weighted by Gasteiger charge is 2.11. The molecule has 0 amide bonds. The third-order valence-electron chi connectivity index (χ3n) is 2.47. The molecule has 0 fully saturated rings. The minimum Gasteiger partial charge on any atom is -0.383 e. The highest BCUT2D eigenvalue weighted by Crippen LogP contribution is 2.01. The Bertz CT molecular complexity index is 149. The molecule has 0 bridgehead atoms. The standard InChI is InChI=1S/C13H29NO2/c1-11(2)9-16-8-6-7-14-13(10-15-5)12(3)4/h11-14H,6-10H2,1-5H3. The van der Waals surface area contributed by atoms with Crippen LogP contribution in [0.1, 0.15) is 34.1 Å². The number of ether oxygens (including phenoxy) is 2. The minimum atomic E-state index is 0.454. The Balaban J connectivity index is 3.40. The normalized spacial score (nSPS) is 13.7. The number of rotatable bonds is 10. The lowest BCUT2D eigenvalue weighted by Gasteiger charge is -2.21. The van der Waals surface area contributed by atoms with Gasteiger partial charge in [-0.2, -0.15) is 0 Å². The third-order valence-corrected chi connectivity index (χ3v) is 2.47. The van der Waals surface area contributed by atoms with Gasteiger partial charge in [0.15, 0.2) is 0 Å². The van der Waals surface area contributed by atoms with Gasteiger partial charge in [-0.05, 0) is 24.8 Å². The molecule has 0 aromatic rings. The van der Waals surface area contributed by atoms with Crippen molar-refractivity contribution in [3.8, 4) is 0 Å². The Morgan fingerprint density at radius 3 is 2.25 bits per heavy atom. The summed E-state index contributed by atoms with van der Waals surface area (Å²) in [6.07, 6.45) is 1.07. The van der Waals surface area contributed by atoms with Gasteiger partial charge in [0.25, 0.3) is 0 Å². The molecule has 3 nitrogen and oxygen atoms in total. The molecule has 0 aliphatic carbocycles. The van der Waals surface area contributed by atoms with Gasteiger partial charge < -0.3 is 14.8 Å². The highest BCUT2D eigenvalue weighted by molar-refractivity contribution is 4.69. The van der Waals surface area contributed by atoms with E-state index in [-0.39, 0.29) is 0 Å². The zero-order chi connectivity index (χ0) is 12.4. The van der Waals surface area contributed by atoms with Crippen LogP contribution in [0.3, 0.4) is 0 Å². The molecule has 0 aliphatic heterocycles. The molecule has 0 rings (SSSR count). The number of hydrogen-bond donors (Lipinski definition) is 1. The van der Waals surface area contributed by atoms with Gasteiger partial charge in [-0.1, -0.05) is 27.7 Å². The fourth-order valence-electron chi connectivity index (χ4n) is 1.45. The van der Waals surface area contributed by atoms with E-state index in [4.69, 9.17) is 9.47 Å². The van der Waals surface area contributed by atoms with Crippen LogP contribution in [-0.2, 0) is 9.47 Å². The van der Waals surface area contributed by atoms with E-state index in [2.05, 4.69) is 33.0 Å². The van der Waals surface area contributed by atoms with Gasteiger partial charge >= 0.3 is 0 Å². The van der Waals surface area contributed by atoms with Crippen molar-refractivity contribution < 1.29 is 9.47 Å². The average molecular weight is 231 g/mol. The van der Waals surface area contributed by atoms with Gasteiger partial charge in [-0.25, -0.2) is 0 Å². The van der Waals surface area contributed by atoms with E-state index in [0.717, 1.165) is 32.8 Å². The van der Waals surface area contributed by atoms with Crippen LogP contribution in [0.15, 0.2) is 0 Å². The molecule has 0 aromatic carbocycles. The van der Waals surface area contributed by atoms with Crippen molar-refractivity contribution in [2.24, 2.45) is 11.8 Å². The van der Waals surface area contributed by atoms with Gasteiger partial charge in [0.05, 0.1) is 6.61 Å². The quantitative estimate of drug-likeness (QED) is 0.585. The summed E-state index contributed by atoms with van der Waals surface area (Å²) in [6.45, 7) is 12.3. The van der Waals surface area contributed by atoms with Gasteiger partial charge in [-0.3, -0.25) is 0 Å². The van der Waals surface area contributed by atoms with Crippen LogP contribution in [-0.4, -0.2) is 39.5 Å². The second kappa shape index (κ2) is 10.1. The topological polar surface area (TPSA) is 30.5 Å². The number of hydrogen-bond acceptors (Lipinski definition) is 3. The first-order valence-corrected chi connectivity index (χ1v) is 6.38. The molecule has 0 heterocycles. The second-order valence-corrected chi connectivity index (χ2v) is 5.08. The fraction of sp³-hybridized carbons (Fsp3) is 1.00. The second-order valence-electron chi connectivity index (χ2n) is 5.08. The largest absolute Gasteiger partial charge is 0.383 e. The summed E-state index contributed by atoms with van der Waals surface area (Å²) < 4.78 is 10.7. The molecule has 0 aromatic heterocycles. The first-order chi connectivity index (χ1) is 7.57. The Morgan fingerprint density at radius 1 is 1.06 bits per heavy atom. The summed E-state index contributed by atoms with van der Waals surface area (Å²) in [5, 5.41) is 3.50. The Labute approximate surface area is 101 Å². The molecular formula is C13H29NO2. The number of nitrogens with one attached hydrogen (secondary N) is 1. The first-order valence-electron chi connectivity index (χ1n) is 6.38. The summed E-state index contributed by atoms with van der Waals surface area (Å²) in [4.78, 5) is 0. The predicted molar refractivity (Wildman–Crippen MR) is 68.8 cm³/mol. The summed E-state index contributed by atoms with van der Waals surface area (Å²) in [6, 6.07) is 0.454. The van der Waals surface area contributed by atoms with E-state index in [1.807, 2.05) is 0 Å². The molecule has 98 valence electrons. The molecule has 0 spiro atoms. The van der Waals surface area contributed by atoms with Crippen molar-refractivity contribution >= 4 is 0 Å². The van der Waals surface area contributed by atoms with Crippen LogP contribution in [0.25, 0.3) is 0 Å². The molecular weight excluding hydrogens is 202 g/mol. The average Bonchev–Trinajstić information content (AvgIpc) is 2.20. The minimum absolute atomic E-state index is 0.454. The van der Waals surface area contributed by atoms with E-state index in [1.54, 1.807) is 7.11 Å². The molecule has 1 unspecified atom stereocenters. The number of methoxy groups -OCH3 is 1. The van der Waals surface area contributed by atoms with Crippen molar-refractivity contribution in [2.75, 3.05) is 33.5 Å². The molecule has 3 heteroatoms. The lowest BCUT2D eigenvalue weighted by Crippen LogP contribution is -2.38. The van der Waals surface area contributed by atoms with Crippen molar-refractivity contribution in [1.82, 2.24) is 5.32 Å². The lowest BCUT2D eigenvalue weighted by molar-refractivity contribution is 0.104. The zero-order valence-electron chi connectivity index (χ0n) is 11.6. The summed E-state index contributed by atoms with van der Waals surface area (Å²) in [5.41, 5.74) is 0. The molecule has 1 N–H and O–H groups in total. The molecule has 0 radical (unpaired) electrons. The SMILES string of the molecule is COCC(NCCCOCC(C)C)C(C)C. The Hall–Kier alpha value is -0.120. The van der Waals surface area contributed by atoms with Crippen LogP contribution in [0, 0.1) is 11.8 Å².